The number of rotatable bonds is 6. The number of benzene rings is 1. The summed E-state index contributed by atoms with van der Waals surface area (Å²) in [5.41, 5.74) is 5.85. The molecule has 0 radical (unpaired) electrons. The first-order valence-corrected chi connectivity index (χ1v) is 9.21. The number of anilines is 1. The van der Waals surface area contributed by atoms with Gasteiger partial charge in [0, 0.05) is 10.6 Å². The molecule has 1 heterocycles. The molecule has 0 aliphatic carbocycles. The lowest BCUT2D eigenvalue weighted by Gasteiger charge is -2.09. The summed E-state index contributed by atoms with van der Waals surface area (Å²) in [5, 5.41) is 2.86. The fourth-order valence-corrected chi connectivity index (χ4v) is 4.12. The first kappa shape index (κ1) is 16.3. The van der Waals surface area contributed by atoms with Crippen LogP contribution in [0.2, 0.25) is 0 Å². The van der Waals surface area contributed by atoms with Gasteiger partial charge in [-0.15, -0.1) is 11.8 Å². The number of carbonyl (C=O) groups is 2. The Kier molecular flexibility index (Phi) is 6.47. The summed E-state index contributed by atoms with van der Waals surface area (Å²) in [7, 11) is 0. The van der Waals surface area contributed by atoms with E-state index in [1.54, 1.807) is 11.8 Å². The van der Waals surface area contributed by atoms with Crippen molar-refractivity contribution in [3.63, 3.8) is 0 Å². The largest absolute Gasteiger partial charge is 0.369 e. The first-order valence-electron chi connectivity index (χ1n) is 6.25. The van der Waals surface area contributed by atoms with Gasteiger partial charge < -0.3 is 11.1 Å². The lowest BCUT2D eigenvalue weighted by atomic mass is 10.3. The summed E-state index contributed by atoms with van der Waals surface area (Å²) in [6.07, 6.45) is 0. The number of para-hydroxylation sites is 1. The molecule has 2 rings (SSSR count). The normalized spacial score (nSPS) is 13.8. The predicted molar refractivity (Wildman–Crippen MR) is 92.2 cm³/mol. The van der Waals surface area contributed by atoms with Crippen molar-refractivity contribution in [2.75, 3.05) is 29.1 Å². The molecule has 21 heavy (non-hydrogen) atoms. The third kappa shape index (κ3) is 5.64. The van der Waals surface area contributed by atoms with E-state index in [1.807, 2.05) is 24.3 Å². The van der Waals surface area contributed by atoms with Crippen molar-refractivity contribution < 1.29 is 9.59 Å². The van der Waals surface area contributed by atoms with Gasteiger partial charge in [0.1, 0.15) is 4.38 Å². The lowest BCUT2D eigenvalue weighted by Crippen LogP contribution is -2.16. The van der Waals surface area contributed by atoms with Crippen molar-refractivity contribution in [3.8, 4) is 0 Å². The van der Waals surface area contributed by atoms with Gasteiger partial charge in [-0.3, -0.25) is 14.6 Å². The molecule has 0 aromatic heterocycles. The fourth-order valence-electron chi connectivity index (χ4n) is 1.56. The molecule has 1 aromatic carbocycles. The van der Waals surface area contributed by atoms with Gasteiger partial charge in [0.05, 0.1) is 23.7 Å². The number of nitrogens with zero attached hydrogens (tertiary/aromatic N) is 1. The Balaban J connectivity index is 1.88. The SMILES string of the molecule is NC(=O)CSc1ccccc1NC(=O)CSC1=NCCS1. The van der Waals surface area contributed by atoms with Gasteiger partial charge >= 0.3 is 0 Å². The van der Waals surface area contributed by atoms with E-state index in [0.29, 0.717) is 11.4 Å². The van der Waals surface area contributed by atoms with Crippen LogP contribution in [0.4, 0.5) is 5.69 Å². The Morgan fingerprint density at radius 3 is 2.81 bits per heavy atom. The molecule has 0 spiro atoms. The molecular weight excluding hydrogens is 326 g/mol. The van der Waals surface area contributed by atoms with E-state index in [4.69, 9.17) is 5.73 Å². The Hall–Kier alpha value is -1.12. The summed E-state index contributed by atoms with van der Waals surface area (Å²) >= 11 is 4.45. The van der Waals surface area contributed by atoms with E-state index in [0.717, 1.165) is 21.6 Å². The van der Waals surface area contributed by atoms with Crippen molar-refractivity contribution >= 4 is 57.2 Å². The Bertz CT molecular complexity index is 563. The minimum atomic E-state index is -0.382. The fraction of sp³-hybridized carbons (Fsp3) is 0.308. The molecule has 2 amide bonds. The van der Waals surface area contributed by atoms with E-state index in [2.05, 4.69) is 10.3 Å². The summed E-state index contributed by atoms with van der Waals surface area (Å²) in [6.45, 7) is 0.835. The van der Waals surface area contributed by atoms with E-state index in [9.17, 15) is 9.59 Å². The summed E-state index contributed by atoms with van der Waals surface area (Å²) in [4.78, 5) is 27.9. The van der Waals surface area contributed by atoms with Crippen molar-refractivity contribution in [1.82, 2.24) is 0 Å². The Morgan fingerprint density at radius 2 is 2.10 bits per heavy atom. The number of hydrogen-bond acceptors (Lipinski definition) is 6. The smallest absolute Gasteiger partial charge is 0.234 e. The highest BCUT2D eigenvalue weighted by Gasteiger charge is 2.12. The molecule has 3 N–H and O–H groups in total. The van der Waals surface area contributed by atoms with Gasteiger partial charge in [-0.05, 0) is 12.1 Å². The molecule has 1 aliphatic rings. The van der Waals surface area contributed by atoms with Crippen LogP contribution in [-0.2, 0) is 9.59 Å². The number of amides is 2. The zero-order chi connectivity index (χ0) is 15.1. The maximum absolute atomic E-state index is 12.0. The highest BCUT2D eigenvalue weighted by Crippen LogP contribution is 2.27. The molecule has 0 saturated carbocycles. The van der Waals surface area contributed by atoms with Crippen LogP contribution in [-0.4, -0.2) is 40.0 Å². The van der Waals surface area contributed by atoms with Gasteiger partial charge in [-0.2, -0.15) is 0 Å². The van der Waals surface area contributed by atoms with E-state index < -0.39 is 0 Å². The molecule has 0 fully saturated rings. The molecule has 0 bridgehead atoms. The first-order chi connectivity index (χ1) is 10.1. The van der Waals surface area contributed by atoms with E-state index in [1.165, 1.54) is 23.5 Å². The van der Waals surface area contributed by atoms with Crippen LogP contribution in [0.25, 0.3) is 0 Å². The van der Waals surface area contributed by atoms with Crippen molar-refractivity contribution in [1.29, 1.82) is 0 Å². The molecular formula is C13H15N3O2S3. The second-order valence-electron chi connectivity index (χ2n) is 4.08. The summed E-state index contributed by atoms with van der Waals surface area (Å²) < 4.78 is 0.974. The average Bonchev–Trinajstić information content (AvgIpc) is 2.97. The number of primary amides is 1. The number of nitrogens with one attached hydrogen (secondary N) is 1. The van der Waals surface area contributed by atoms with Gasteiger partial charge in [-0.25, -0.2) is 0 Å². The van der Waals surface area contributed by atoms with Crippen LogP contribution in [0.3, 0.4) is 0 Å². The number of nitrogens with two attached hydrogens (primary N) is 1. The third-order valence-corrected chi connectivity index (χ3v) is 5.76. The highest BCUT2D eigenvalue weighted by molar-refractivity contribution is 8.39. The molecule has 112 valence electrons. The Morgan fingerprint density at radius 1 is 1.29 bits per heavy atom. The maximum atomic E-state index is 12.0. The van der Waals surface area contributed by atoms with Crippen LogP contribution in [0.5, 0.6) is 0 Å². The molecule has 1 aliphatic heterocycles. The summed E-state index contributed by atoms with van der Waals surface area (Å²) in [6, 6.07) is 7.37. The topological polar surface area (TPSA) is 84.5 Å². The van der Waals surface area contributed by atoms with Crippen molar-refractivity contribution in [2.24, 2.45) is 10.7 Å². The third-order valence-electron chi connectivity index (χ3n) is 2.42. The molecule has 5 nitrogen and oxygen atoms in total. The molecule has 0 atom stereocenters. The quantitative estimate of drug-likeness (QED) is 0.774. The minimum Gasteiger partial charge on any atom is -0.369 e. The number of thioether (sulfide) groups is 3. The minimum absolute atomic E-state index is 0.0812. The maximum Gasteiger partial charge on any atom is 0.234 e. The zero-order valence-electron chi connectivity index (χ0n) is 11.2. The number of carbonyl (C=O) groups excluding carboxylic acids is 2. The summed E-state index contributed by atoms with van der Waals surface area (Å²) in [5.74, 6) is 1.06. The van der Waals surface area contributed by atoms with Crippen LogP contribution in [0, 0.1) is 0 Å². The van der Waals surface area contributed by atoms with Crippen molar-refractivity contribution in [3.05, 3.63) is 24.3 Å². The molecule has 1 aromatic rings. The van der Waals surface area contributed by atoms with Crippen LogP contribution in [0.1, 0.15) is 0 Å². The van der Waals surface area contributed by atoms with Gasteiger partial charge in [-0.1, -0.05) is 35.7 Å². The van der Waals surface area contributed by atoms with Crippen LogP contribution < -0.4 is 11.1 Å². The number of aliphatic imine (C=N–C) groups is 1. The average molecular weight is 341 g/mol. The zero-order valence-corrected chi connectivity index (χ0v) is 13.7. The van der Waals surface area contributed by atoms with Crippen LogP contribution in [0.15, 0.2) is 34.2 Å². The second-order valence-corrected chi connectivity index (χ2v) is 7.41. The van der Waals surface area contributed by atoms with Gasteiger partial charge in [0.2, 0.25) is 11.8 Å². The monoisotopic (exact) mass is 341 g/mol. The van der Waals surface area contributed by atoms with E-state index >= 15 is 0 Å². The second kappa shape index (κ2) is 8.35. The van der Waals surface area contributed by atoms with E-state index in [-0.39, 0.29) is 17.6 Å². The standard InChI is InChI=1S/C13H15N3O2S3/c14-11(17)7-20-10-4-2-1-3-9(10)16-12(18)8-21-13-15-5-6-19-13/h1-4H,5-8H2,(H2,14,17)(H,16,18). The Labute approximate surface area is 135 Å². The predicted octanol–water partition coefficient (Wildman–Crippen LogP) is 2.04. The van der Waals surface area contributed by atoms with Crippen molar-refractivity contribution in [2.45, 2.75) is 4.90 Å². The highest BCUT2D eigenvalue weighted by atomic mass is 32.2. The van der Waals surface area contributed by atoms with Gasteiger partial charge in [0.15, 0.2) is 0 Å². The molecule has 8 heteroatoms. The molecule has 0 saturated heterocycles. The lowest BCUT2D eigenvalue weighted by molar-refractivity contribution is -0.115. The van der Waals surface area contributed by atoms with Gasteiger partial charge in [0.25, 0.3) is 0 Å². The number of hydrogen-bond donors (Lipinski definition) is 2. The van der Waals surface area contributed by atoms with Crippen LogP contribution >= 0.6 is 35.3 Å². The molecule has 0 unspecified atom stereocenters.